The molecule has 3 heteroatoms. The highest BCUT2D eigenvalue weighted by Crippen LogP contribution is 2.27. The van der Waals surface area contributed by atoms with Crippen molar-refractivity contribution < 1.29 is 0 Å². The smallest absolute Gasteiger partial charge is 0.0705 e. The van der Waals surface area contributed by atoms with Gasteiger partial charge in [-0.3, -0.25) is 0 Å². The van der Waals surface area contributed by atoms with Gasteiger partial charge >= 0.3 is 0 Å². The number of hydrogen-bond donors (Lipinski definition) is 2. The van der Waals surface area contributed by atoms with E-state index in [2.05, 4.69) is 41.5 Å². The SMILES string of the molecule is CC(NCc1[nH]c2ccccc2c1Cl)c1ccccc1. The second kappa shape index (κ2) is 5.70. The van der Waals surface area contributed by atoms with Gasteiger partial charge in [-0.05, 0) is 18.6 Å². The Bertz CT molecular complexity index is 703. The van der Waals surface area contributed by atoms with Crippen LogP contribution in [0.15, 0.2) is 54.6 Å². The van der Waals surface area contributed by atoms with Gasteiger partial charge in [-0.2, -0.15) is 0 Å². The molecule has 1 atom stereocenters. The minimum atomic E-state index is 0.290. The van der Waals surface area contributed by atoms with E-state index in [0.29, 0.717) is 6.04 Å². The quantitative estimate of drug-likeness (QED) is 0.716. The molecule has 2 aromatic carbocycles. The molecule has 1 aromatic heterocycles. The van der Waals surface area contributed by atoms with Crippen LogP contribution >= 0.6 is 11.6 Å². The van der Waals surface area contributed by atoms with Crippen LogP contribution in [-0.2, 0) is 6.54 Å². The zero-order chi connectivity index (χ0) is 13.9. The van der Waals surface area contributed by atoms with E-state index < -0.39 is 0 Å². The summed E-state index contributed by atoms with van der Waals surface area (Å²) in [5.74, 6) is 0. The molecule has 0 spiro atoms. The monoisotopic (exact) mass is 284 g/mol. The van der Waals surface area contributed by atoms with Crippen LogP contribution in [0.1, 0.15) is 24.2 Å². The Morgan fingerprint density at radius 2 is 1.75 bits per heavy atom. The fourth-order valence-corrected chi connectivity index (χ4v) is 2.68. The highest BCUT2D eigenvalue weighted by molar-refractivity contribution is 6.36. The van der Waals surface area contributed by atoms with Gasteiger partial charge in [0, 0.05) is 29.2 Å². The van der Waals surface area contributed by atoms with E-state index in [1.807, 2.05) is 30.3 Å². The number of nitrogens with one attached hydrogen (secondary N) is 2. The lowest BCUT2D eigenvalue weighted by atomic mass is 10.1. The number of fused-ring (bicyclic) bond motifs is 1. The van der Waals surface area contributed by atoms with Crippen molar-refractivity contribution in [3.05, 3.63) is 70.9 Å². The Kier molecular flexibility index (Phi) is 3.77. The van der Waals surface area contributed by atoms with Gasteiger partial charge in [-0.1, -0.05) is 60.1 Å². The van der Waals surface area contributed by atoms with Gasteiger partial charge < -0.3 is 10.3 Å². The molecule has 3 rings (SSSR count). The van der Waals surface area contributed by atoms with Crippen molar-refractivity contribution in [1.29, 1.82) is 0 Å². The molecule has 0 saturated carbocycles. The summed E-state index contributed by atoms with van der Waals surface area (Å²) in [4.78, 5) is 3.38. The number of aromatic nitrogens is 1. The molecule has 0 aliphatic rings. The Morgan fingerprint density at radius 1 is 1.05 bits per heavy atom. The predicted octanol–water partition coefficient (Wildman–Crippen LogP) is 4.67. The molecule has 1 heterocycles. The molecule has 3 aromatic rings. The molecule has 0 saturated heterocycles. The number of H-pyrrole nitrogens is 1. The third kappa shape index (κ3) is 2.58. The maximum atomic E-state index is 6.42. The summed E-state index contributed by atoms with van der Waals surface area (Å²) in [5.41, 5.74) is 3.40. The highest BCUT2D eigenvalue weighted by atomic mass is 35.5. The van der Waals surface area contributed by atoms with Gasteiger partial charge in [-0.15, -0.1) is 0 Å². The Hall–Kier alpha value is -1.77. The lowest BCUT2D eigenvalue weighted by molar-refractivity contribution is 0.569. The first-order valence-electron chi connectivity index (χ1n) is 6.79. The molecule has 102 valence electrons. The molecule has 0 amide bonds. The maximum Gasteiger partial charge on any atom is 0.0705 e. The van der Waals surface area contributed by atoms with Crippen LogP contribution < -0.4 is 5.32 Å². The topological polar surface area (TPSA) is 27.8 Å². The summed E-state index contributed by atoms with van der Waals surface area (Å²) in [6.45, 7) is 2.88. The third-order valence-corrected chi connectivity index (χ3v) is 4.03. The van der Waals surface area contributed by atoms with E-state index in [1.165, 1.54) is 5.56 Å². The van der Waals surface area contributed by atoms with Gasteiger partial charge in [0.15, 0.2) is 0 Å². The van der Waals surface area contributed by atoms with E-state index >= 15 is 0 Å². The molecule has 0 bridgehead atoms. The van der Waals surface area contributed by atoms with Crippen molar-refractivity contribution in [3.63, 3.8) is 0 Å². The van der Waals surface area contributed by atoms with Crippen molar-refractivity contribution in [1.82, 2.24) is 10.3 Å². The first-order valence-corrected chi connectivity index (χ1v) is 7.17. The minimum absolute atomic E-state index is 0.290. The van der Waals surface area contributed by atoms with Crippen molar-refractivity contribution in [2.45, 2.75) is 19.5 Å². The van der Waals surface area contributed by atoms with Gasteiger partial charge in [-0.25, -0.2) is 0 Å². The van der Waals surface area contributed by atoms with E-state index in [1.54, 1.807) is 0 Å². The standard InChI is InChI=1S/C17H17ClN2/c1-12(13-7-3-2-4-8-13)19-11-16-17(18)14-9-5-6-10-15(14)20-16/h2-10,12,19-20H,11H2,1H3. The molecule has 2 nitrogen and oxygen atoms in total. The Morgan fingerprint density at radius 3 is 2.50 bits per heavy atom. The summed E-state index contributed by atoms with van der Waals surface area (Å²) in [6.07, 6.45) is 0. The first-order chi connectivity index (χ1) is 9.75. The van der Waals surface area contributed by atoms with Crippen LogP contribution in [0.4, 0.5) is 0 Å². The lowest BCUT2D eigenvalue weighted by Crippen LogP contribution is -2.18. The number of benzene rings is 2. The molecule has 20 heavy (non-hydrogen) atoms. The van der Waals surface area contributed by atoms with E-state index in [4.69, 9.17) is 11.6 Å². The largest absolute Gasteiger partial charge is 0.356 e. The van der Waals surface area contributed by atoms with Gasteiger partial charge in [0.05, 0.1) is 5.02 Å². The normalized spacial score (nSPS) is 12.7. The van der Waals surface area contributed by atoms with Crippen LogP contribution in [0, 0.1) is 0 Å². The zero-order valence-corrected chi connectivity index (χ0v) is 12.1. The fourth-order valence-electron chi connectivity index (χ4n) is 2.40. The van der Waals surface area contributed by atoms with E-state index in [0.717, 1.165) is 28.2 Å². The number of para-hydroxylation sites is 1. The summed E-state index contributed by atoms with van der Waals surface area (Å²) in [5, 5.41) is 5.40. The summed E-state index contributed by atoms with van der Waals surface area (Å²) >= 11 is 6.42. The predicted molar refractivity (Wildman–Crippen MR) is 85.0 cm³/mol. The second-order valence-corrected chi connectivity index (χ2v) is 5.35. The molecule has 1 unspecified atom stereocenters. The Balaban J connectivity index is 1.76. The Labute approximate surface area is 123 Å². The molecule has 0 aliphatic carbocycles. The van der Waals surface area contributed by atoms with Crippen molar-refractivity contribution in [2.75, 3.05) is 0 Å². The van der Waals surface area contributed by atoms with Gasteiger partial charge in [0.2, 0.25) is 0 Å². The van der Waals surface area contributed by atoms with E-state index in [9.17, 15) is 0 Å². The molecule has 2 N–H and O–H groups in total. The molecule has 0 aliphatic heterocycles. The third-order valence-electron chi connectivity index (χ3n) is 3.60. The van der Waals surface area contributed by atoms with Gasteiger partial charge in [0.1, 0.15) is 0 Å². The van der Waals surface area contributed by atoms with Crippen molar-refractivity contribution >= 4 is 22.5 Å². The summed E-state index contributed by atoms with van der Waals surface area (Å²) in [6, 6.07) is 18.8. The molecular formula is C17H17ClN2. The number of rotatable bonds is 4. The van der Waals surface area contributed by atoms with Crippen LogP contribution in [0.2, 0.25) is 5.02 Å². The lowest BCUT2D eigenvalue weighted by Gasteiger charge is -2.13. The second-order valence-electron chi connectivity index (χ2n) is 4.98. The number of aromatic amines is 1. The van der Waals surface area contributed by atoms with E-state index in [-0.39, 0.29) is 0 Å². The minimum Gasteiger partial charge on any atom is -0.356 e. The number of hydrogen-bond acceptors (Lipinski definition) is 1. The van der Waals surface area contributed by atoms with Crippen LogP contribution in [0.25, 0.3) is 10.9 Å². The highest BCUT2D eigenvalue weighted by Gasteiger charge is 2.10. The van der Waals surface area contributed by atoms with Crippen molar-refractivity contribution in [2.24, 2.45) is 0 Å². The molecular weight excluding hydrogens is 268 g/mol. The fraction of sp³-hybridized carbons (Fsp3) is 0.176. The van der Waals surface area contributed by atoms with Crippen LogP contribution in [0.3, 0.4) is 0 Å². The summed E-state index contributed by atoms with van der Waals surface area (Å²) in [7, 11) is 0. The number of halogens is 1. The van der Waals surface area contributed by atoms with Crippen LogP contribution in [-0.4, -0.2) is 4.98 Å². The average molecular weight is 285 g/mol. The average Bonchev–Trinajstić information content (AvgIpc) is 2.83. The molecule has 0 radical (unpaired) electrons. The van der Waals surface area contributed by atoms with Gasteiger partial charge in [0.25, 0.3) is 0 Å². The van der Waals surface area contributed by atoms with Crippen LogP contribution in [0.5, 0.6) is 0 Å². The zero-order valence-electron chi connectivity index (χ0n) is 11.4. The maximum absolute atomic E-state index is 6.42. The molecule has 0 fully saturated rings. The van der Waals surface area contributed by atoms with Crippen molar-refractivity contribution in [3.8, 4) is 0 Å². The summed E-state index contributed by atoms with van der Waals surface area (Å²) < 4.78 is 0. The first kappa shape index (κ1) is 13.2.